The molecule has 0 aromatic heterocycles. The summed E-state index contributed by atoms with van der Waals surface area (Å²) in [5, 5.41) is 3.40. The van der Waals surface area contributed by atoms with Gasteiger partial charge in [-0.3, -0.25) is 10.2 Å². The first-order valence-corrected chi connectivity index (χ1v) is 9.28. The first-order valence-electron chi connectivity index (χ1n) is 9.28. The number of carbonyl (C=O) groups is 1. The maximum Gasteiger partial charge on any atom is 0.416 e. The van der Waals surface area contributed by atoms with Gasteiger partial charge >= 0.3 is 6.18 Å². The fourth-order valence-corrected chi connectivity index (χ4v) is 4.91. The maximum absolute atomic E-state index is 13.7. The molecule has 3 aliphatic rings. The van der Waals surface area contributed by atoms with Gasteiger partial charge in [0.05, 0.1) is 11.7 Å². The number of rotatable bonds is 1. The van der Waals surface area contributed by atoms with Gasteiger partial charge in [0.25, 0.3) is 0 Å². The van der Waals surface area contributed by atoms with Gasteiger partial charge in [0.2, 0.25) is 0 Å². The summed E-state index contributed by atoms with van der Waals surface area (Å²) in [5.41, 5.74) is 6.93. The second-order valence-electron chi connectivity index (χ2n) is 8.67. The summed E-state index contributed by atoms with van der Waals surface area (Å²) >= 11 is 0. The van der Waals surface area contributed by atoms with Crippen LogP contribution in [0.5, 0.6) is 0 Å². The first kappa shape index (κ1) is 18.5. The molecule has 0 amide bonds. The summed E-state index contributed by atoms with van der Waals surface area (Å²) in [6.45, 7) is 5.97. The summed E-state index contributed by atoms with van der Waals surface area (Å²) < 4.78 is 41.2. The number of alkyl halides is 3. The van der Waals surface area contributed by atoms with E-state index < -0.39 is 17.7 Å². The number of benzene rings is 1. The van der Waals surface area contributed by atoms with Gasteiger partial charge in [-0.1, -0.05) is 32.0 Å². The molecule has 1 aromatic rings. The predicted molar refractivity (Wildman–Crippen MR) is 95.4 cm³/mol. The van der Waals surface area contributed by atoms with Crippen molar-refractivity contribution in [3.8, 4) is 0 Å². The lowest BCUT2D eigenvalue weighted by Crippen LogP contribution is -2.52. The topological polar surface area (TPSA) is 53.2 Å². The molecule has 1 fully saturated rings. The van der Waals surface area contributed by atoms with Crippen molar-refractivity contribution in [3.05, 3.63) is 46.7 Å². The average molecular weight is 379 g/mol. The van der Waals surface area contributed by atoms with Crippen LogP contribution in [0.25, 0.3) is 0 Å². The van der Waals surface area contributed by atoms with E-state index in [2.05, 4.69) is 16.2 Å². The highest BCUT2D eigenvalue weighted by atomic mass is 19.4. The molecule has 3 N–H and O–H groups in total. The van der Waals surface area contributed by atoms with Crippen LogP contribution in [0.15, 0.2) is 35.5 Å². The highest BCUT2D eigenvalue weighted by molar-refractivity contribution is 5.99. The van der Waals surface area contributed by atoms with Gasteiger partial charge in [0.15, 0.2) is 5.78 Å². The Morgan fingerprint density at radius 1 is 1.11 bits per heavy atom. The van der Waals surface area contributed by atoms with Gasteiger partial charge in [0, 0.05) is 35.6 Å². The highest BCUT2D eigenvalue weighted by Crippen LogP contribution is 2.50. The molecule has 1 saturated heterocycles. The van der Waals surface area contributed by atoms with E-state index in [1.807, 2.05) is 20.8 Å². The van der Waals surface area contributed by atoms with E-state index >= 15 is 0 Å². The fourth-order valence-electron chi connectivity index (χ4n) is 4.91. The lowest BCUT2D eigenvalue weighted by atomic mass is 9.65. The minimum atomic E-state index is -4.46. The summed E-state index contributed by atoms with van der Waals surface area (Å²) in [4.78, 5) is 13.1. The van der Waals surface area contributed by atoms with Crippen LogP contribution in [0, 0.1) is 11.3 Å². The van der Waals surface area contributed by atoms with Crippen LogP contribution in [-0.2, 0) is 11.0 Å². The molecule has 27 heavy (non-hydrogen) atoms. The molecule has 0 radical (unpaired) electrons. The van der Waals surface area contributed by atoms with Crippen LogP contribution in [0.3, 0.4) is 0 Å². The van der Waals surface area contributed by atoms with E-state index in [9.17, 15) is 18.0 Å². The summed E-state index contributed by atoms with van der Waals surface area (Å²) in [6, 6.07) is 5.59. The Kier molecular flexibility index (Phi) is 4.16. The Balaban J connectivity index is 1.92. The van der Waals surface area contributed by atoms with Crippen molar-refractivity contribution in [1.82, 2.24) is 16.2 Å². The molecule has 0 saturated carbocycles. The van der Waals surface area contributed by atoms with Crippen LogP contribution in [0.2, 0.25) is 0 Å². The van der Waals surface area contributed by atoms with Crippen molar-refractivity contribution in [3.63, 3.8) is 0 Å². The van der Waals surface area contributed by atoms with Crippen molar-refractivity contribution in [2.45, 2.75) is 57.9 Å². The summed E-state index contributed by atoms with van der Waals surface area (Å²) in [5.74, 6) is -0.837. The number of hydrogen-bond donors (Lipinski definition) is 3. The second kappa shape index (κ2) is 6.07. The smallest absolute Gasteiger partial charge is 0.371 e. The number of fused-ring (bicyclic) bond motifs is 1. The molecule has 2 aliphatic heterocycles. The Morgan fingerprint density at radius 3 is 2.52 bits per heavy atom. The molecule has 7 heteroatoms. The Bertz CT molecular complexity index is 815. The molecular formula is C20H24F3N3O. The van der Waals surface area contributed by atoms with Crippen LogP contribution in [0.1, 0.15) is 50.7 Å². The molecule has 4 rings (SSSR count). The van der Waals surface area contributed by atoms with Crippen LogP contribution in [-0.4, -0.2) is 18.0 Å². The first-order chi connectivity index (χ1) is 12.6. The van der Waals surface area contributed by atoms with Crippen LogP contribution in [0.4, 0.5) is 13.2 Å². The molecule has 146 valence electrons. The average Bonchev–Trinajstić information content (AvgIpc) is 2.92. The zero-order valence-electron chi connectivity index (χ0n) is 15.6. The third-order valence-electron chi connectivity index (χ3n) is 5.98. The molecule has 1 aromatic carbocycles. The number of nitrogens with one attached hydrogen (secondary N) is 3. The largest absolute Gasteiger partial charge is 0.416 e. The number of allylic oxidation sites excluding steroid dienone is 2. The Morgan fingerprint density at radius 2 is 1.81 bits per heavy atom. The van der Waals surface area contributed by atoms with Crippen LogP contribution >= 0.6 is 0 Å². The zero-order valence-corrected chi connectivity index (χ0v) is 15.6. The SMILES string of the molecule is CC1NNC2NC3=C(C(=O)CC(C)(C)C3)[C@@H](c3ccccc3C(F)(F)F)C12. The van der Waals surface area contributed by atoms with E-state index in [1.165, 1.54) is 12.1 Å². The van der Waals surface area contributed by atoms with E-state index in [0.29, 0.717) is 18.4 Å². The lowest BCUT2D eigenvalue weighted by molar-refractivity contribution is -0.138. The normalized spacial score (nSPS) is 32.7. The zero-order chi connectivity index (χ0) is 19.6. The molecule has 2 heterocycles. The quantitative estimate of drug-likeness (QED) is 0.699. The number of carbonyl (C=O) groups excluding carboxylic acids is 1. The van der Waals surface area contributed by atoms with E-state index in [4.69, 9.17) is 0 Å². The van der Waals surface area contributed by atoms with Crippen LogP contribution < -0.4 is 16.2 Å². The summed E-state index contributed by atoms with van der Waals surface area (Å²) in [6.07, 6.45) is -3.67. The number of halogens is 3. The molecule has 1 aliphatic carbocycles. The lowest BCUT2D eigenvalue weighted by Gasteiger charge is -2.44. The monoisotopic (exact) mass is 379 g/mol. The van der Waals surface area contributed by atoms with Crippen molar-refractivity contribution in [2.24, 2.45) is 11.3 Å². The number of hydrazine groups is 1. The molecule has 3 unspecified atom stereocenters. The minimum absolute atomic E-state index is 0.0479. The number of Topliss-reactive ketones (excluding diaryl/α,β-unsaturated/α-hetero) is 1. The van der Waals surface area contributed by atoms with Crippen molar-refractivity contribution in [2.75, 3.05) is 0 Å². The van der Waals surface area contributed by atoms with Gasteiger partial charge in [-0.05, 0) is 30.4 Å². The molecule has 4 atom stereocenters. The van der Waals surface area contributed by atoms with Crippen molar-refractivity contribution >= 4 is 5.78 Å². The molecule has 0 spiro atoms. The Hall–Kier alpha value is -1.86. The fraction of sp³-hybridized carbons (Fsp3) is 0.550. The molecular weight excluding hydrogens is 355 g/mol. The van der Waals surface area contributed by atoms with Gasteiger partial charge in [-0.25, -0.2) is 5.43 Å². The molecule has 0 bridgehead atoms. The number of ketones is 1. The van der Waals surface area contributed by atoms with Crippen molar-refractivity contribution in [1.29, 1.82) is 0 Å². The maximum atomic E-state index is 13.7. The van der Waals surface area contributed by atoms with Gasteiger partial charge in [-0.2, -0.15) is 13.2 Å². The second-order valence-corrected chi connectivity index (χ2v) is 8.67. The van der Waals surface area contributed by atoms with Crippen molar-refractivity contribution < 1.29 is 18.0 Å². The van der Waals surface area contributed by atoms with Gasteiger partial charge < -0.3 is 5.32 Å². The highest BCUT2D eigenvalue weighted by Gasteiger charge is 2.51. The van der Waals surface area contributed by atoms with E-state index in [1.54, 1.807) is 6.07 Å². The standard InChI is InChI=1S/C20H24F3N3O/c1-10-15-16(11-6-4-5-7-12(11)20(21,22)23)17-13(24-18(15)26-25-10)8-19(2,3)9-14(17)27/h4-7,10,15-16,18,24-26H,8-9H2,1-3H3/t10?,15?,16-,18?/m0/s1. The van der Waals surface area contributed by atoms with E-state index in [-0.39, 0.29) is 34.9 Å². The predicted octanol–water partition coefficient (Wildman–Crippen LogP) is 3.47. The van der Waals surface area contributed by atoms with Gasteiger partial charge in [0.1, 0.15) is 0 Å². The minimum Gasteiger partial charge on any atom is -0.371 e. The van der Waals surface area contributed by atoms with Gasteiger partial charge in [-0.15, -0.1) is 0 Å². The third-order valence-corrected chi connectivity index (χ3v) is 5.98. The summed E-state index contributed by atoms with van der Waals surface area (Å²) in [7, 11) is 0. The number of hydrogen-bond acceptors (Lipinski definition) is 4. The Labute approximate surface area is 156 Å². The molecule has 4 nitrogen and oxygen atoms in total. The third kappa shape index (κ3) is 3.06. The van der Waals surface area contributed by atoms with E-state index in [0.717, 1.165) is 11.8 Å².